The maximum atomic E-state index is 11.2. The number of sulfone groups is 1. The molecule has 0 saturated carbocycles. The lowest BCUT2D eigenvalue weighted by atomic mass is 10.1. The van der Waals surface area contributed by atoms with Crippen LogP contribution in [-0.4, -0.2) is 37.6 Å². The Kier molecular flexibility index (Phi) is 5.15. The molecule has 0 heterocycles. The van der Waals surface area contributed by atoms with Gasteiger partial charge in [-0.1, -0.05) is 19.1 Å². The summed E-state index contributed by atoms with van der Waals surface area (Å²) < 4.78 is 27.7. The van der Waals surface area contributed by atoms with Crippen LogP contribution in [0, 0.1) is 0 Å². The highest BCUT2D eigenvalue weighted by atomic mass is 32.2. The highest BCUT2D eigenvalue weighted by Crippen LogP contribution is 2.12. The number of benzene rings is 1. The van der Waals surface area contributed by atoms with Gasteiger partial charge in [-0.15, -0.1) is 0 Å². The zero-order valence-corrected chi connectivity index (χ0v) is 10.9. The first kappa shape index (κ1) is 14.5. The third-order valence-electron chi connectivity index (χ3n) is 2.38. The van der Waals surface area contributed by atoms with Crippen molar-refractivity contribution in [1.29, 1.82) is 0 Å². The van der Waals surface area contributed by atoms with Crippen molar-refractivity contribution in [3.63, 3.8) is 0 Å². The molecule has 0 spiro atoms. The van der Waals surface area contributed by atoms with Crippen LogP contribution in [0.15, 0.2) is 24.3 Å². The normalized spacial score (nSPS) is 11.2. The van der Waals surface area contributed by atoms with Crippen LogP contribution in [0.2, 0.25) is 0 Å². The predicted octanol–water partition coefficient (Wildman–Crippen LogP) is 1.13. The van der Waals surface area contributed by atoms with Gasteiger partial charge in [0.25, 0.3) is 0 Å². The third-order valence-corrected chi connectivity index (χ3v) is 4.05. The zero-order chi connectivity index (χ0) is 13.6. The van der Waals surface area contributed by atoms with Crippen LogP contribution >= 0.6 is 0 Å². The Morgan fingerprint density at radius 1 is 1.28 bits per heavy atom. The molecule has 18 heavy (non-hydrogen) atoms. The van der Waals surface area contributed by atoms with Gasteiger partial charge in [-0.3, -0.25) is 4.79 Å². The molecule has 0 fully saturated rings. The first-order chi connectivity index (χ1) is 8.43. The number of hydrogen-bond donors (Lipinski definition) is 1. The summed E-state index contributed by atoms with van der Waals surface area (Å²) in [6, 6.07) is 6.57. The Morgan fingerprint density at radius 2 is 1.89 bits per heavy atom. The maximum absolute atomic E-state index is 11.2. The highest BCUT2D eigenvalue weighted by molar-refractivity contribution is 7.91. The van der Waals surface area contributed by atoms with E-state index in [1.807, 2.05) is 0 Å². The number of carbonyl (C=O) groups is 1. The molecule has 1 aromatic rings. The molecule has 0 atom stereocenters. The smallest absolute Gasteiger partial charge is 0.307 e. The second-order valence-corrected chi connectivity index (χ2v) is 6.27. The van der Waals surface area contributed by atoms with E-state index in [2.05, 4.69) is 0 Å². The van der Waals surface area contributed by atoms with Crippen molar-refractivity contribution in [2.24, 2.45) is 0 Å². The van der Waals surface area contributed by atoms with Crippen molar-refractivity contribution < 1.29 is 23.1 Å². The fraction of sp³-hybridized carbons (Fsp3) is 0.417. The summed E-state index contributed by atoms with van der Waals surface area (Å²) in [5.41, 5.74) is 0.677. The summed E-state index contributed by atoms with van der Waals surface area (Å²) in [6.45, 7) is 1.70. The molecule has 0 aliphatic heterocycles. The second kappa shape index (κ2) is 6.39. The van der Waals surface area contributed by atoms with E-state index in [0.29, 0.717) is 11.3 Å². The fourth-order valence-corrected chi connectivity index (χ4v) is 1.93. The minimum absolute atomic E-state index is 0.0135. The molecular weight excluding hydrogens is 256 g/mol. The van der Waals surface area contributed by atoms with Gasteiger partial charge in [0.15, 0.2) is 9.84 Å². The summed E-state index contributed by atoms with van der Waals surface area (Å²) in [7, 11) is -3.02. The number of aliphatic carboxylic acids is 1. The highest BCUT2D eigenvalue weighted by Gasteiger charge is 2.07. The molecule has 0 unspecified atom stereocenters. The minimum Gasteiger partial charge on any atom is -0.493 e. The molecule has 0 saturated heterocycles. The Labute approximate surface area is 106 Å². The molecule has 100 valence electrons. The molecule has 0 aromatic heterocycles. The molecule has 6 heteroatoms. The van der Waals surface area contributed by atoms with E-state index in [0.717, 1.165) is 0 Å². The van der Waals surface area contributed by atoms with Crippen molar-refractivity contribution in [2.45, 2.75) is 13.3 Å². The lowest BCUT2D eigenvalue weighted by Gasteiger charge is -2.06. The number of rotatable bonds is 7. The van der Waals surface area contributed by atoms with Gasteiger partial charge in [0.1, 0.15) is 12.4 Å². The molecule has 0 bridgehead atoms. The molecule has 0 aliphatic rings. The Morgan fingerprint density at radius 3 is 2.39 bits per heavy atom. The van der Waals surface area contributed by atoms with Crippen LogP contribution in [0.25, 0.3) is 0 Å². The van der Waals surface area contributed by atoms with E-state index in [-0.39, 0.29) is 24.5 Å². The first-order valence-corrected chi connectivity index (χ1v) is 7.39. The Bertz CT molecular complexity index is 490. The largest absolute Gasteiger partial charge is 0.493 e. The number of carboxylic acid groups (broad SMARTS) is 1. The SMILES string of the molecule is CCS(=O)(=O)CCOc1ccc(CC(=O)O)cc1. The Balaban J connectivity index is 2.47. The number of carboxylic acids is 1. The van der Waals surface area contributed by atoms with E-state index >= 15 is 0 Å². The van der Waals surface area contributed by atoms with Crippen LogP contribution in [0.4, 0.5) is 0 Å². The molecule has 0 radical (unpaired) electrons. The van der Waals surface area contributed by atoms with Gasteiger partial charge in [-0.2, -0.15) is 0 Å². The van der Waals surface area contributed by atoms with Crippen LogP contribution in [0.3, 0.4) is 0 Å². The molecule has 5 nitrogen and oxygen atoms in total. The van der Waals surface area contributed by atoms with Gasteiger partial charge in [0, 0.05) is 5.75 Å². The summed E-state index contributed by atoms with van der Waals surface area (Å²) >= 11 is 0. The number of hydrogen-bond acceptors (Lipinski definition) is 4. The van der Waals surface area contributed by atoms with Crippen molar-refractivity contribution in [1.82, 2.24) is 0 Å². The van der Waals surface area contributed by atoms with E-state index < -0.39 is 15.8 Å². The molecular formula is C12H16O5S. The lowest BCUT2D eigenvalue weighted by Crippen LogP contribution is -2.15. The molecule has 1 aromatic carbocycles. The monoisotopic (exact) mass is 272 g/mol. The lowest BCUT2D eigenvalue weighted by molar-refractivity contribution is -0.136. The topological polar surface area (TPSA) is 80.7 Å². The minimum atomic E-state index is -3.02. The van der Waals surface area contributed by atoms with Gasteiger partial charge >= 0.3 is 5.97 Å². The average Bonchev–Trinajstić information content (AvgIpc) is 2.30. The van der Waals surface area contributed by atoms with E-state index in [9.17, 15) is 13.2 Å². The van der Waals surface area contributed by atoms with Crippen molar-refractivity contribution >= 4 is 15.8 Å². The maximum Gasteiger partial charge on any atom is 0.307 e. The standard InChI is InChI=1S/C12H16O5S/c1-2-18(15,16)8-7-17-11-5-3-10(4-6-11)9-12(13)14/h3-6H,2,7-9H2,1H3,(H,13,14). The summed E-state index contributed by atoms with van der Waals surface area (Å²) in [5, 5.41) is 8.60. The molecule has 0 amide bonds. The average molecular weight is 272 g/mol. The van der Waals surface area contributed by atoms with Crippen LogP contribution in [0.1, 0.15) is 12.5 Å². The molecule has 1 N–H and O–H groups in total. The first-order valence-electron chi connectivity index (χ1n) is 5.57. The van der Waals surface area contributed by atoms with Crippen LogP contribution < -0.4 is 4.74 Å². The summed E-state index contributed by atoms with van der Waals surface area (Å²) in [4.78, 5) is 10.5. The Hall–Kier alpha value is -1.56. The van der Waals surface area contributed by atoms with E-state index in [1.165, 1.54) is 0 Å². The van der Waals surface area contributed by atoms with Gasteiger partial charge in [0.2, 0.25) is 0 Å². The summed E-state index contributed by atoms with van der Waals surface area (Å²) in [5.74, 6) is -0.262. The van der Waals surface area contributed by atoms with Crippen molar-refractivity contribution in [2.75, 3.05) is 18.1 Å². The third kappa shape index (κ3) is 5.18. The van der Waals surface area contributed by atoms with Gasteiger partial charge in [-0.05, 0) is 17.7 Å². The van der Waals surface area contributed by atoms with Crippen LogP contribution in [0.5, 0.6) is 5.75 Å². The van der Waals surface area contributed by atoms with E-state index in [4.69, 9.17) is 9.84 Å². The fourth-order valence-electron chi connectivity index (χ4n) is 1.31. The predicted molar refractivity (Wildman–Crippen MR) is 67.6 cm³/mol. The van der Waals surface area contributed by atoms with Crippen LogP contribution in [-0.2, 0) is 21.1 Å². The molecule has 1 rings (SSSR count). The quantitative estimate of drug-likeness (QED) is 0.804. The van der Waals surface area contributed by atoms with Gasteiger partial charge in [0.05, 0.1) is 12.2 Å². The zero-order valence-electron chi connectivity index (χ0n) is 10.1. The second-order valence-electron chi connectivity index (χ2n) is 3.80. The van der Waals surface area contributed by atoms with Crippen molar-refractivity contribution in [3.8, 4) is 5.75 Å². The van der Waals surface area contributed by atoms with Gasteiger partial charge in [-0.25, -0.2) is 8.42 Å². The van der Waals surface area contributed by atoms with E-state index in [1.54, 1.807) is 31.2 Å². The van der Waals surface area contributed by atoms with Gasteiger partial charge < -0.3 is 9.84 Å². The van der Waals surface area contributed by atoms with Crippen molar-refractivity contribution in [3.05, 3.63) is 29.8 Å². The number of ether oxygens (including phenoxy) is 1. The summed E-state index contributed by atoms with van der Waals surface area (Å²) in [6.07, 6.45) is -0.0372. The molecule has 0 aliphatic carbocycles.